The molecule has 0 N–H and O–H groups in total. The summed E-state index contributed by atoms with van der Waals surface area (Å²) in [6.45, 7) is 8.00. The van der Waals surface area contributed by atoms with E-state index >= 15 is 0 Å². The van der Waals surface area contributed by atoms with E-state index in [0.717, 1.165) is 22.3 Å². The lowest BCUT2D eigenvalue weighted by Crippen LogP contribution is -2.29. The van der Waals surface area contributed by atoms with Gasteiger partial charge in [-0.25, -0.2) is 4.39 Å². The van der Waals surface area contributed by atoms with Gasteiger partial charge in [-0.3, -0.25) is 9.59 Å². The molecule has 35 heavy (non-hydrogen) atoms. The molecule has 0 fully saturated rings. The predicted octanol–water partition coefficient (Wildman–Crippen LogP) is 5.86. The Morgan fingerprint density at radius 3 is 2.46 bits per heavy atom. The zero-order chi connectivity index (χ0) is 24.7. The molecule has 0 saturated carbocycles. The van der Waals surface area contributed by atoms with Crippen LogP contribution in [0.5, 0.6) is 5.75 Å². The molecule has 0 bridgehead atoms. The third kappa shape index (κ3) is 4.01. The number of aryl methyl sites for hydroxylation is 2. The van der Waals surface area contributed by atoms with Gasteiger partial charge in [0.1, 0.15) is 23.8 Å². The van der Waals surface area contributed by atoms with Crippen LogP contribution in [0.2, 0.25) is 0 Å². The lowest BCUT2D eigenvalue weighted by atomic mass is 9.96. The van der Waals surface area contributed by atoms with Crippen molar-refractivity contribution in [2.45, 2.75) is 26.4 Å². The molecular weight excluding hydrogens is 445 g/mol. The molecule has 1 atom stereocenters. The highest BCUT2D eigenvalue weighted by Gasteiger charge is 2.42. The maximum Gasteiger partial charge on any atom is 0.291 e. The summed E-state index contributed by atoms with van der Waals surface area (Å²) in [5.41, 5.74) is 3.73. The average Bonchev–Trinajstić information content (AvgIpc) is 3.11. The van der Waals surface area contributed by atoms with Gasteiger partial charge in [0, 0.05) is 6.54 Å². The van der Waals surface area contributed by atoms with Gasteiger partial charge in [0.25, 0.3) is 5.91 Å². The predicted molar refractivity (Wildman–Crippen MR) is 132 cm³/mol. The molecule has 5 rings (SSSR count). The molecule has 0 radical (unpaired) electrons. The van der Waals surface area contributed by atoms with Gasteiger partial charge in [-0.2, -0.15) is 0 Å². The zero-order valence-electron chi connectivity index (χ0n) is 19.5. The number of amides is 1. The average molecular weight is 470 g/mol. The van der Waals surface area contributed by atoms with Crippen molar-refractivity contribution in [3.05, 3.63) is 123 Å². The van der Waals surface area contributed by atoms with Crippen LogP contribution in [0, 0.1) is 19.7 Å². The second kappa shape index (κ2) is 8.87. The lowest BCUT2D eigenvalue weighted by Gasteiger charge is -2.25. The number of benzene rings is 3. The first-order chi connectivity index (χ1) is 16.9. The van der Waals surface area contributed by atoms with Crippen LogP contribution in [0.25, 0.3) is 11.0 Å². The molecule has 1 amide bonds. The summed E-state index contributed by atoms with van der Waals surface area (Å²) in [4.78, 5) is 29.0. The Bertz CT molecular complexity index is 1500. The first kappa shape index (κ1) is 22.6. The smallest absolute Gasteiger partial charge is 0.291 e. The van der Waals surface area contributed by atoms with Gasteiger partial charge in [0.2, 0.25) is 5.76 Å². The number of fused-ring (bicyclic) bond motifs is 2. The van der Waals surface area contributed by atoms with E-state index < -0.39 is 6.04 Å². The van der Waals surface area contributed by atoms with Crippen LogP contribution in [-0.2, 0) is 6.54 Å². The van der Waals surface area contributed by atoms with Crippen LogP contribution >= 0.6 is 0 Å². The SMILES string of the molecule is C=CCOc1ccc(C2c3c(oc4cc(C)cc(C)c4c3=O)C(=O)N2Cc2ccc(F)cc2)cc1. The van der Waals surface area contributed by atoms with Crippen LogP contribution in [0.1, 0.15) is 44.4 Å². The quantitative estimate of drug-likeness (QED) is 0.332. The molecule has 0 aliphatic carbocycles. The van der Waals surface area contributed by atoms with Crippen molar-refractivity contribution >= 4 is 16.9 Å². The van der Waals surface area contributed by atoms with Gasteiger partial charge in [-0.15, -0.1) is 0 Å². The summed E-state index contributed by atoms with van der Waals surface area (Å²) < 4.78 is 25.2. The molecule has 6 heteroatoms. The molecule has 1 aliphatic rings. The summed E-state index contributed by atoms with van der Waals surface area (Å²) in [6.07, 6.45) is 1.66. The minimum atomic E-state index is -0.655. The largest absolute Gasteiger partial charge is 0.490 e. The highest BCUT2D eigenvalue weighted by atomic mass is 19.1. The Hall–Kier alpha value is -4.19. The normalized spacial score (nSPS) is 14.9. The highest BCUT2D eigenvalue weighted by Crippen LogP contribution is 2.40. The van der Waals surface area contributed by atoms with E-state index in [-0.39, 0.29) is 29.5 Å². The Balaban J connectivity index is 1.68. The van der Waals surface area contributed by atoms with Crippen LogP contribution in [0.3, 0.4) is 0 Å². The lowest BCUT2D eigenvalue weighted by molar-refractivity contribution is 0.0714. The number of rotatable bonds is 6. The molecule has 1 aromatic heterocycles. The van der Waals surface area contributed by atoms with Crippen LogP contribution in [0.4, 0.5) is 4.39 Å². The van der Waals surface area contributed by atoms with Crippen molar-refractivity contribution in [2.75, 3.05) is 6.61 Å². The summed E-state index contributed by atoms with van der Waals surface area (Å²) in [6, 6.07) is 16.3. The summed E-state index contributed by atoms with van der Waals surface area (Å²) in [5, 5.41) is 0.474. The molecule has 4 aromatic rings. The minimum Gasteiger partial charge on any atom is -0.490 e. The van der Waals surface area contributed by atoms with E-state index in [1.165, 1.54) is 12.1 Å². The van der Waals surface area contributed by atoms with E-state index in [1.807, 2.05) is 32.0 Å². The van der Waals surface area contributed by atoms with E-state index in [1.54, 1.807) is 41.3 Å². The number of ether oxygens (including phenoxy) is 1. The Morgan fingerprint density at radius 1 is 1.06 bits per heavy atom. The minimum absolute atomic E-state index is 0.0478. The summed E-state index contributed by atoms with van der Waals surface area (Å²) in [5.74, 6) is -0.0309. The molecule has 0 spiro atoms. The summed E-state index contributed by atoms with van der Waals surface area (Å²) in [7, 11) is 0. The van der Waals surface area contributed by atoms with Crippen molar-refractivity contribution in [3.8, 4) is 5.75 Å². The first-order valence-corrected chi connectivity index (χ1v) is 11.3. The van der Waals surface area contributed by atoms with E-state index in [4.69, 9.17) is 9.15 Å². The highest BCUT2D eigenvalue weighted by molar-refractivity contribution is 5.99. The van der Waals surface area contributed by atoms with Crippen LogP contribution in [0.15, 0.2) is 82.5 Å². The second-order valence-corrected chi connectivity index (χ2v) is 8.76. The third-order valence-corrected chi connectivity index (χ3v) is 6.24. The monoisotopic (exact) mass is 469 g/mol. The van der Waals surface area contributed by atoms with Crippen molar-refractivity contribution in [1.82, 2.24) is 4.90 Å². The topological polar surface area (TPSA) is 59.8 Å². The van der Waals surface area contributed by atoms with Crippen molar-refractivity contribution in [3.63, 3.8) is 0 Å². The van der Waals surface area contributed by atoms with Crippen molar-refractivity contribution in [2.24, 2.45) is 0 Å². The molecule has 2 heterocycles. The molecule has 1 unspecified atom stereocenters. The third-order valence-electron chi connectivity index (χ3n) is 6.24. The van der Waals surface area contributed by atoms with E-state index in [9.17, 15) is 14.0 Å². The Kier molecular flexibility index (Phi) is 5.73. The van der Waals surface area contributed by atoms with E-state index in [0.29, 0.717) is 28.9 Å². The van der Waals surface area contributed by atoms with Crippen molar-refractivity contribution < 1.29 is 18.3 Å². The van der Waals surface area contributed by atoms with Gasteiger partial charge in [0.15, 0.2) is 5.43 Å². The number of halogens is 1. The van der Waals surface area contributed by atoms with Crippen LogP contribution < -0.4 is 10.2 Å². The van der Waals surface area contributed by atoms with Crippen molar-refractivity contribution in [1.29, 1.82) is 0 Å². The van der Waals surface area contributed by atoms with Gasteiger partial charge in [0.05, 0.1) is 17.0 Å². The maximum atomic E-state index is 13.8. The summed E-state index contributed by atoms with van der Waals surface area (Å²) >= 11 is 0. The zero-order valence-corrected chi connectivity index (χ0v) is 19.5. The molecular formula is C29H24FNO4. The number of hydrogen-bond donors (Lipinski definition) is 0. The fourth-order valence-corrected chi connectivity index (χ4v) is 4.71. The molecule has 176 valence electrons. The number of carbonyl (C=O) groups excluding carboxylic acids is 1. The Labute approximate surface area is 202 Å². The molecule has 1 aliphatic heterocycles. The molecule has 0 saturated heterocycles. The standard InChI is InChI=1S/C29H24FNO4/c1-4-13-34-22-11-7-20(8-12-22)26-25-27(32)24-18(3)14-17(2)15-23(24)35-28(25)29(33)31(26)16-19-5-9-21(30)10-6-19/h4-12,14-15,26H,1,13,16H2,2-3H3. The first-order valence-electron chi connectivity index (χ1n) is 11.3. The van der Waals surface area contributed by atoms with Gasteiger partial charge >= 0.3 is 0 Å². The molecule has 5 nitrogen and oxygen atoms in total. The second-order valence-electron chi connectivity index (χ2n) is 8.76. The van der Waals surface area contributed by atoms with Gasteiger partial charge < -0.3 is 14.1 Å². The van der Waals surface area contributed by atoms with Gasteiger partial charge in [-0.05, 0) is 66.4 Å². The van der Waals surface area contributed by atoms with Gasteiger partial charge in [-0.1, -0.05) is 43.0 Å². The fourth-order valence-electron chi connectivity index (χ4n) is 4.71. The Morgan fingerprint density at radius 2 is 1.77 bits per heavy atom. The number of carbonyl (C=O) groups is 1. The van der Waals surface area contributed by atoms with E-state index in [2.05, 4.69) is 6.58 Å². The van der Waals surface area contributed by atoms with Crippen LogP contribution in [-0.4, -0.2) is 17.4 Å². The fraction of sp³-hybridized carbons (Fsp3) is 0.172. The number of nitrogens with zero attached hydrogens (tertiary/aromatic N) is 1. The molecule has 3 aromatic carbocycles. The number of hydrogen-bond acceptors (Lipinski definition) is 4. The maximum absolute atomic E-state index is 13.8.